The van der Waals surface area contributed by atoms with Gasteiger partial charge in [-0.25, -0.2) is 4.98 Å². The van der Waals surface area contributed by atoms with Gasteiger partial charge < -0.3 is 4.57 Å². The van der Waals surface area contributed by atoms with Crippen molar-refractivity contribution in [2.75, 3.05) is 0 Å². The van der Waals surface area contributed by atoms with Crippen LogP contribution in [0.15, 0.2) is 54.9 Å². The van der Waals surface area contributed by atoms with Crippen molar-refractivity contribution in [3.05, 3.63) is 88.5 Å². The average Bonchev–Trinajstić information content (AvgIpc) is 3.04. The highest BCUT2D eigenvalue weighted by Crippen LogP contribution is 2.30. The molecule has 3 rings (SSSR count). The first-order chi connectivity index (χ1) is 12.3. The maximum Gasteiger partial charge on any atom is 0.416 e. The summed E-state index contributed by atoms with van der Waals surface area (Å²) in [6.07, 6.45) is -0.703. The number of imidazole rings is 1. The first kappa shape index (κ1) is 18.2. The predicted octanol–water partition coefficient (Wildman–Crippen LogP) is 5.72. The Morgan fingerprint density at radius 1 is 1.04 bits per heavy atom. The quantitative estimate of drug-likeness (QED) is 0.583. The molecule has 0 N–H and O–H groups in total. The molecule has 0 saturated carbocycles. The normalized spacial score (nSPS) is 13.0. The van der Waals surface area contributed by atoms with Gasteiger partial charge in [-0.1, -0.05) is 37.3 Å². The van der Waals surface area contributed by atoms with Crippen LogP contribution in [0.25, 0.3) is 0 Å². The minimum atomic E-state index is -4.31. The van der Waals surface area contributed by atoms with Crippen molar-refractivity contribution < 1.29 is 13.2 Å². The van der Waals surface area contributed by atoms with Crippen molar-refractivity contribution in [3.8, 4) is 0 Å². The monoisotopic (exact) mass is 358 g/mol. The molecule has 0 aliphatic carbocycles. The predicted molar refractivity (Wildman–Crippen MR) is 96.2 cm³/mol. The van der Waals surface area contributed by atoms with Crippen LogP contribution in [0.1, 0.15) is 46.5 Å². The van der Waals surface area contributed by atoms with Crippen molar-refractivity contribution in [1.82, 2.24) is 9.55 Å². The van der Waals surface area contributed by atoms with E-state index in [-0.39, 0.29) is 5.92 Å². The Bertz CT molecular complexity index is 892. The highest BCUT2D eigenvalue weighted by molar-refractivity contribution is 5.38. The molecule has 136 valence electrons. The summed E-state index contributed by atoms with van der Waals surface area (Å²) in [6.45, 7) is 6.78. The maximum absolute atomic E-state index is 12.7. The summed E-state index contributed by atoms with van der Waals surface area (Å²) in [5, 5.41) is 0. The number of benzene rings is 2. The fraction of sp³-hybridized carbons (Fsp3) is 0.286. The number of rotatable bonds is 4. The minimum Gasteiger partial charge on any atom is -0.330 e. The van der Waals surface area contributed by atoms with Crippen LogP contribution in [0.4, 0.5) is 13.2 Å². The Kier molecular flexibility index (Phi) is 4.90. The van der Waals surface area contributed by atoms with E-state index in [9.17, 15) is 13.2 Å². The molecule has 5 heteroatoms. The third-order valence-electron chi connectivity index (χ3n) is 4.88. The topological polar surface area (TPSA) is 17.8 Å². The van der Waals surface area contributed by atoms with Gasteiger partial charge in [0, 0.05) is 24.9 Å². The largest absolute Gasteiger partial charge is 0.416 e. The van der Waals surface area contributed by atoms with Crippen molar-refractivity contribution in [3.63, 3.8) is 0 Å². The molecule has 0 amide bonds. The van der Waals surface area contributed by atoms with Gasteiger partial charge >= 0.3 is 6.18 Å². The molecular weight excluding hydrogens is 337 g/mol. The number of nitrogens with zero attached hydrogens (tertiary/aromatic N) is 2. The van der Waals surface area contributed by atoms with Crippen LogP contribution in [0.3, 0.4) is 0 Å². The van der Waals surface area contributed by atoms with Crippen LogP contribution in [0.2, 0.25) is 0 Å². The molecule has 1 aromatic heterocycles. The van der Waals surface area contributed by atoms with E-state index < -0.39 is 11.7 Å². The van der Waals surface area contributed by atoms with Crippen molar-refractivity contribution >= 4 is 0 Å². The molecule has 2 aromatic carbocycles. The SMILES string of the molecule is Cc1cccc([C@H](C)c2nccn2Cc2ccc(C(F)(F)F)cc2)c1C. The van der Waals surface area contributed by atoms with Crippen LogP contribution in [-0.4, -0.2) is 9.55 Å². The number of halogens is 3. The van der Waals surface area contributed by atoms with Crippen molar-refractivity contribution in [2.24, 2.45) is 0 Å². The van der Waals surface area contributed by atoms with Crippen LogP contribution in [0, 0.1) is 13.8 Å². The summed E-state index contributed by atoms with van der Waals surface area (Å²) in [5.41, 5.74) is 3.87. The number of hydrogen-bond donors (Lipinski definition) is 0. The van der Waals surface area contributed by atoms with Gasteiger partial charge in [-0.2, -0.15) is 13.2 Å². The molecule has 3 aromatic rings. The van der Waals surface area contributed by atoms with Gasteiger partial charge in [0.25, 0.3) is 0 Å². The van der Waals surface area contributed by atoms with E-state index >= 15 is 0 Å². The van der Waals surface area contributed by atoms with Crippen LogP contribution in [-0.2, 0) is 12.7 Å². The maximum atomic E-state index is 12.7. The molecule has 0 aliphatic rings. The van der Waals surface area contributed by atoms with E-state index in [0.29, 0.717) is 6.54 Å². The standard InChI is InChI=1S/C21H21F3N2/c1-14-5-4-6-19(15(14)2)16(3)20-25-11-12-26(20)13-17-7-9-18(10-8-17)21(22,23)24/h4-12,16H,13H2,1-3H3/t16-/m0/s1. The Morgan fingerprint density at radius 2 is 1.73 bits per heavy atom. The van der Waals surface area contributed by atoms with Gasteiger partial charge in [0.05, 0.1) is 5.56 Å². The Morgan fingerprint density at radius 3 is 2.38 bits per heavy atom. The number of hydrogen-bond acceptors (Lipinski definition) is 1. The first-order valence-corrected chi connectivity index (χ1v) is 8.50. The number of alkyl halides is 3. The molecule has 1 heterocycles. The molecule has 26 heavy (non-hydrogen) atoms. The minimum absolute atomic E-state index is 0.0966. The van der Waals surface area contributed by atoms with Gasteiger partial charge in [-0.05, 0) is 48.2 Å². The zero-order chi connectivity index (χ0) is 18.9. The molecule has 0 bridgehead atoms. The summed E-state index contributed by atoms with van der Waals surface area (Å²) in [4.78, 5) is 4.50. The van der Waals surface area contributed by atoms with Crippen molar-refractivity contribution in [1.29, 1.82) is 0 Å². The van der Waals surface area contributed by atoms with Crippen LogP contribution >= 0.6 is 0 Å². The molecule has 1 atom stereocenters. The van der Waals surface area contributed by atoms with E-state index in [1.807, 2.05) is 16.8 Å². The van der Waals surface area contributed by atoms with Gasteiger partial charge in [0.15, 0.2) is 0 Å². The lowest BCUT2D eigenvalue weighted by Crippen LogP contribution is -2.10. The molecule has 0 saturated heterocycles. The third kappa shape index (κ3) is 3.66. The summed E-state index contributed by atoms with van der Waals surface area (Å²) >= 11 is 0. The molecule has 0 spiro atoms. The third-order valence-corrected chi connectivity index (χ3v) is 4.88. The second kappa shape index (κ2) is 6.98. The van der Waals surface area contributed by atoms with Gasteiger partial charge in [0.2, 0.25) is 0 Å². The summed E-state index contributed by atoms with van der Waals surface area (Å²) in [5.74, 6) is 0.998. The van der Waals surface area contributed by atoms with Crippen LogP contribution < -0.4 is 0 Å². The molecule has 2 nitrogen and oxygen atoms in total. The highest BCUT2D eigenvalue weighted by atomic mass is 19.4. The summed E-state index contributed by atoms with van der Waals surface area (Å²) < 4.78 is 40.1. The smallest absolute Gasteiger partial charge is 0.330 e. The molecule has 0 aliphatic heterocycles. The number of aryl methyl sites for hydroxylation is 1. The van der Waals surface area contributed by atoms with E-state index in [1.54, 1.807) is 6.20 Å². The molecular formula is C21H21F3N2. The zero-order valence-electron chi connectivity index (χ0n) is 15.0. The fourth-order valence-corrected chi connectivity index (χ4v) is 3.21. The summed E-state index contributed by atoms with van der Waals surface area (Å²) in [7, 11) is 0. The fourth-order valence-electron chi connectivity index (χ4n) is 3.21. The van der Waals surface area contributed by atoms with E-state index in [4.69, 9.17) is 0 Å². The molecule has 0 unspecified atom stereocenters. The zero-order valence-corrected chi connectivity index (χ0v) is 15.0. The van der Waals surface area contributed by atoms with Crippen molar-refractivity contribution in [2.45, 2.75) is 39.4 Å². The lowest BCUT2D eigenvalue weighted by Gasteiger charge is -2.18. The first-order valence-electron chi connectivity index (χ1n) is 8.50. The van der Waals surface area contributed by atoms with Gasteiger partial charge in [-0.15, -0.1) is 0 Å². The van der Waals surface area contributed by atoms with Gasteiger partial charge in [-0.3, -0.25) is 0 Å². The average molecular weight is 358 g/mol. The second-order valence-electron chi connectivity index (χ2n) is 6.62. The Hall–Kier alpha value is -2.56. The summed E-state index contributed by atoms with van der Waals surface area (Å²) in [6, 6.07) is 11.5. The molecule has 0 fully saturated rings. The van der Waals surface area contributed by atoms with E-state index in [1.165, 1.54) is 28.8 Å². The Labute approximate surface area is 151 Å². The highest BCUT2D eigenvalue weighted by Gasteiger charge is 2.30. The Balaban J connectivity index is 1.86. The second-order valence-corrected chi connectivity index (χ2v) is 6.62. The number of aromatic nitrogens is 2. The lowest BCUT2D eigenvalue weighted by molar-refractivity contribution is -0.137. The van der Waals surface area contributed by atoms with Crippen LogP contribution in [0.5, 0.6) is 0 Å². The van der Waals surface area contributed by atoms with Gasteiger partial charge in [0.1, 0.15) is 5.82 Å². The lowest BCUT2D eigenvalue weighted by atomic mass is 9.93. The van der Waals surface area contributed by atoms with E-state index in [0.717, 1.165) is 23.5 Å². The molecule has 0 radical (unpaired) electrons. The van der Waals surface area contributed by atoms with E-state index in [2.05, 4.69) is 37.9 Å².